The first-order valence-electron chi connectivity index (χ1n) is 9.45. The summed E-state index contributed by atoms with van der Waals surface area (Å²) in [6, 6.07) is 0. The van der Waals surface area contributed by atoms with Gasteiger partial charge < -0.3 is 4.74 Å². The molecule has 23 heavy (non-hydrogen) atoms. The summed E-state index contributed by atoms with van der Waals surface area (Å²) in [5.74, 6) is 0.117. The van der Waals surface area contributed by atoms with Crippen LogP contribution in [0.25, 0.3) is 0 Å². The number of hydrogen-bond donors (Lipinski definition) is 1. The minimum absolute atomic E-state index is 0.117. The van der Waals surface area contributed by atoms with Gasteiger partial charge in [-0.05, 0) is 38.5 Å². The third-order valence-electron chi connectivity index (χ3n) is 4.19. The van der Waals surface area contributed by atoms with Gasteiger partial charge in [-0.15, -0.1) is 0 Å². The van der Waals surface area contributed by atoms with Crippen molar-refractivity contribution < 1.29 is 13.2 Å². The van der Waals surface area contributed by atoms with Crippen LogP contribution in [-0.4, -0.2) is 32.9 Å². The molecule has 0 aromatic heterocycles. The Bertz CT molecular complexity index is 368. The Labute approximate surface area is 144 Å². The molecule has 0 aromatic rings. The van der Waals surface area contributed by atoms with Crippen molar-refractivity contribution in [1.82, 2.24) is 4.72 Å². The molecule has 0 radical (unpaired) electrons. The molecule has 0 aliphatic heterocycles. The Hall–Kier alpha value is -0.130. The summed E-state index contributed by atoms with van der Waals surface area (Å²) in [7, 11) is -3.24. The highest BCUT2D eigenvalue weighted by molar-refractivity contribution is 7.90. The van der Waals surface area contributed by atoms with Crippen LogP contribution in [0.4, 0.5) is 0 Å². The SMILES string of the molecule is CCCCCCCNS(=O)(=O)C(CCC(C)OCCC)C(C)C. The highest BCUT2D eigenvalue weighted by atomic mass is 32.2. The van der Waals surface area contributed by atoms with E-state index in [1.54, 1.807) is 0 Å². The molecule has 1 N–H and O–H groups in total. The van der Waals surface area contributed by atoms with Gasteiger partial charge in [0, 0.05) is 13.2 Å². The van der Waals surface area contributed by atoms with Gasteiger partial charge >= 0.3 is 0 Å². The maximum atomic E-state index is 12.5. The highest BCUT2D eigenvalue weighted by Gasteiger charge is 2.28. The number of unbranched alkanes of at least 4 members (excludes halogenated alkanes) is 4. The van der Waals surface area contributed by atoms with Gasteiger partial charge in [0.25, 0.3) is 0 Å². The molecule has 0 aliphatic rings. The Balaban J connectivity index is 4.27. The fourth-order valence-electron chi connectivity index (χ4n) is 2.70. The number of nitrogens with one attached hydrogen (secondary N) is 1. The van der Waals surface area contributed by atoms with E-state index in [1.807, 2.05) is 20.8 Å². The molecule has 2 atom stereocenters. The van der Waals surface area contributed by atoms with Crippen molar-refractivity contribution >= 4 is 10.0 Å². The molecule has 0 aliphatic carbocycles. The van der Waals surface area contributed by atoms with E-state index in [9.17, 15) is 8.42 Å². The summed E-state index contributed by atoms with van der Waals surface area (Å²) in [6.07, 6.45) is 8.24. The van der Waals surface area contributed by atoms with Gasteiger partial charge in [0.15, 0.2) is 0 Å². The lowest BCUT2D eigenvalue weighted by atomic mass is 10.0. The zero-order valence-corrected chi connectivity index (χ0v) is 16.8. The molecule has 0 spiro atoms. The van der Waals surface area contributed by atoms with Crippen molar-refractivity contribution in [2.75, 3.05) is 13.2 Å². The zero-order valence-electron chi connectivity index (χ0n) is 15.9. The summed E-state index contributed by atoms with van der Waals surface area (Å²) in [4.78, 5) is 0. The molecule has 0 rings (SSSR count). The normalized spacial score (nSPS) is 15.0. The van der Waals surface area contributed by atoms with Gasteiger partial charge in [-0.25, -0.2) is 13.1 Å². The summed E-state index contributed by atoms with van der Waals surface area (Å²) in [5, 5.41) is -0.328. The van der Waals surface area contributed by atoms with E-state index < -0.39 is 10.0 Å². The molecule has 4 nitrogen and oxygen atoms in total. The maximum absolute atomic E-state index is 12.5. The van der Waals surface area contributed by atoms with Crippen LogP contribution in [0, 0.1) is 5.92 Å². The second-order valence-electron chi connectivity index (χ2n) is 6.89. The Morgan fingerprint density at radius 2 is 1.57 bits per heavy atom. The molecule has 0 heterocycles. The molecular weight excluding hydrogens is 310 g/mol. The van der Waals surface area contributed by atoms with Crippen LogP contribution in [0.2, 0.25) is 0 Å². The second kappa shape index (κ2) is 13.2. The first-order valence-corrected chi connectivity index (χ1v) is 11.0. The predicted octanol–water partition coefficient (Wildman–Crippen LogP) is 4.50. The second-order valence-corrected chi connectivity index (χ2v) is 8.88. The average Bonchev–Trinajstić information content (AvgIpc) is 2.48. The highest BCUT2D eigenvalue weighted by Crippen LogP contribution is 2.19. The molecular formula is C18H39NO3S. The van der Waals surface area contributed by atoms with E-state index in [1.165, 1.54) is 19.3 Å². The van der Waals surface area contributed by atoms with Crippen LogP contribution >= 0.6 is 0 Å². The standard InChI is InChI=1S/C18H39NO3S/c1-6-8-9-10-11-14-19-23(20,21)18(16(3)4)13-12-17(5)22-15-7-2/h16-19H,6-15H2,1-5H3. The number of ether oxygens (including phenoxy) is 1. The monoisotopic (exact) mass is 349 g/mol. The number of hydrogen-bond acceptors (Lipinski definition) is 3. The van der Waals surface area contributed by atoms with Crippen molar-refractivity contribution in [2.45, 2.75) is 97.3 Å². The molecule has 140 valence electrons. The minimum Gasteiger partial charge on any atom is -0.379 e. The van der Waals surface area contributed by atoms with Crippen LogP contribution in [0.3, 0.4) is 0 Å². The van der Waals surface area contributed by atoms with Crippen molar-refractivity contribution in [1.29, 1.82) is 0 Å². The first-order chi connectivity index (χ1) is 10.8. The summed E-state index contributed by atoms with van der Waals surface area (Å²) in [6.45, 7) is 11.6. The van der Waals surface area contributed by atoms with Crippen LogP contribution in [0.15, 0.2) is 0 Å². The van der Waals surface area contributed by atoms with Crippen molar-refractivity contribution in [3.8, 4) is 0 Å². The van der Waals surface area contributed by atoms with Crippen LogP contribution in [-0.2, 0) is 14.8 Å². The molecule has 0 amide bonds. The molecule has 0 fully saturated rings. The topological polar surface area (TPSA) is 55.4 Å². The van der Waals surface area contributed by atoms with Gasteiger partial charge in [-0.3, -0.25) is 0 Å². The van der Waals surface area contributed by atoms with E-state index in [0.717, 1.165) is 32.3 Å². The zero-order chi connectivity index (χ0) is 17.7. The van der Waals surface area contributed by atoms with Crippen LogP contribution in [0.5, 0.6) is 0 Å². The van der Waals surface area contributed by atoms with E-state index in [4.69, 9.17) is 4.74 Å². The minimum atomic E-state index is -3.24. The molecule has 0 bridgehead atoms. The smallest absolute Gasteiger partial charge is 0.214 e. The summed E-state index contributed by atoms with van der Waals surface area (Å²) >= 11 is 0. The Morgan fingerprint density at radius 1 is 0.913 bits per heavy atom. The molecule has 2 unspecified atom stereocenters. The van der Waals surface area contributed by atoms with Crippen molar-refractivity contribution in [3.63, 3.8) is 0 Å². The van der Waals surface area contributed by atoms with E-state index >= 15 is 0 Å². The van der Waals surface area contributed by atoms with Crippen LogP contribution < -0.4 is 4.72 Å². The predicted molar refractivity (Wildman–Crippen MR) is 99.2 cm³/mol. The lowest BCUT2D eigenvalue weighted by Gasteiger charge is -2.23. The average molecular weight is 350 g/mol. The molecule has 0 saturated heterocycles. The number of sulfonamides is 1. The van der Waals surface area contributed by atoms with Gasteiger partial charge in [0.1, 0.15) is 0 Å². The quantitative estimate of drug-likeness (QED) is 0.443. The maximum Gasteiger partial charge on any atom is 0.214 e. The largest absolute Gasteiger partial charge is 0.379 e. The van der Waals surface area contributed by atoms with Crippen molar-refractivity contribution in [3.05, 3.63) is 0 Å². The fraction of sp³-hybridized carbons (Fsp3) is 1.00. The lowest BCUT2D eigenvalue weighted by molar-refractivity contribution is 0.0586. The van der Waals surface area contributed by atoms with Gasteiger partial charge in [-0.2, -0.15) is 0 Å². The first kappa shape index (κ1) is 22.9. The Morgan fingerprint density at radius 3 is 2.13 bits per heavy atom. The Kier molecular flexibility index (Phi) is 13.1. The van der Waals surface area contributed by atoms with Gasteiger partial charge in [-0.1, -0.05) is 53.4 Å². The summed E-state index contributed by atoms with van der Waals surface area (Å²) < 4.78 is 33.5. The van der Waals surface area contributed by atoms with Crippen molar-refractivity contribution in [2.24, 2.45) is 5.92 Å². The molecule has 0 saturated carbocycles. The summed E-state index contributed by atoms with van der Waals surface area (Å²) in [5.41, 5.74) is 0. The van der Waals surface area contributed by atoms with Gasteiger partial charge in [0.05, 0.1) is 11.4 Å². The fourth-order valence-corrected chi connectivity index (χ4v) is 4.50. The third-order valence-corrected chi connectivity index (χ3v) is 6.37. The van der Waals surface area contributed by atoms with Crippen LogP contribution in [0.1, 0.15) is 86.0 Å². The lowest BCUT2D eigenvalue weighted by Crippen LogP contribution is -2.38. The third kappa shape index (κ3) is 11.1. The molecule has 0 aromatic carbocycles. The number of rotatable bonds is 15. The van der Waals surface area contributed by atoms with Gasteiger partial charge in [0.2, 0.25) is 10.0 Å². The molecule has 5 heteroatoms. The van der Waals surface area contributed by atoms with E-state index in [0.29, 0.717) is 13.0 Å². The van der Waals surface area contributed by atoms with E-state index in [-0.39, 0.29) is 17.3 Å². The van der Waals surface area contributed by atoms with E-state index in [2.05, 4.69) is 18.6 Å².